The van der Waals surface area contributed by atoms with Crippen LogP contribution in [0.2, 0.25) is 6.32 Å². The van der Waals surface area contributed by atoms with Gasteiger partial charge in [0.2, 0.25) is 11.8 Å². The van der Waals surface area contributed by atoms with E-state index < -0.39 is 13.0 Å². The van der Waals surface area contributed by atoms with Crippen LogP contribution in [-0.4, -0.2) is 53.7 Å². The highest BCUT2D eigenvalue weighted by Gasteiger charge is 2.56. The molecule has 0 unspecified atom stereocenters. The van der Waals surface area contributed by atoms with Gasteiger partial charge in [0.1, 0.15) is 0 Å². The fourth-order valence-electron chi connectivity index (χ4n) is 6.35. The minimum atomic E-state index is -0.948. The molecule has 2 heterocycles. The molecule has 0 radical (unpaired) electrons. The summed E-state index contributed by atoms with van der Waals surface area (Å²) in [6.07, 6.45) is 6.67. The van der Waals surface area contributed by atoms with Crippen molar-refractivity contribution in [1.29, 1.82) is 0 Å². The quantitative estimate of drug-likeness (QED) is 0.171. The number of benzene rings is 1. The van der Waals surface area contributed by atoms with Crippen LogP contribution >= 0.6 is 22.6 Å². The number of carbonyl (C=O) groups is 2. The van der Waals surface area contributed by atoms with Crippen molar-refractivity contribution in [1.82, 2.24) is 4.90 Å². The van der Waals surface area contributed by atoms with Gasteiger partial charge in [-0.1, -0.05) is 38.0 Å². The van der Waals surface area contributed by atoms with Crippen LogP contribution in [0.5, 0.6) is 11.5 Å². The minimum Gasteiger partial charge on any atom is -0.504 e. The number of rotatable bonds is 9. The number of aromatic hydroxyl groups is 1. The van der Waals surface area contributed by atoms with Crippen molar-refractivity contribution in [3.63, 3.8) is 0 Å². The molecule has 0 bridgehead atoms. The van der Waals surface area contributed by atoms with Gasteiger partial charge in [-0.25, -0.2) is 0 Å². The number of amides is 2. The number of halogens is 1. The number of methoxy groups -OCH3 is 1. The van der Waals surface area contributed by atoms with Crippen LogP contribution in [0.4, 0.5) is 0 Å². The highest BCUT2D eigenvalue weighted by molar-refractivity contribution is 14.1. The van der Waals surface area contributed by atoms with Gasteiger partial charge in [-0.2, -0.15) is 0 Å². The lowest BCUT2D eigenvalue weighted by molar-refractivity contribution is -0.140. The molecule has 200 valence electrons. The van der Waals surface area contributed by atoms with Gasteiger partial charge in [0.05, 0.1) is 28.6 Å². The molecule has 7 nitrogen and oxygen atoms in total. The summed E-state index contributed by atoms with van der Waals surface area (Å²) in [4.78, 5) is 27.9. The molecular formula is C28H37BINO6. The van der Waals surface area contributed by atoms with Gasteiger partial charge >= 0.3 is 7.12 Å². The van der Waals surface area contributed by atoms with Crippen molar-refractivity contribution in [2.75, 3.05) is 13.7 Å². The molecule has 1 aromatic rings. The van der Waals surface area contributed by atoms with E-state index in [-0.39, 0.29) is 35.5 Å². The van der Waals surface area contributed by atoms with Crippen molar-refractivity contribution < 1.29 is 29.1 Å². The number of carbonyl (C=O) groups excluding carboxylic acids is 2. The van der Waals surface area contributed by atoms with Gasteiger partial charge in [0.15, 0.2) is 11.5 Å². The fourth-order valence-corrected chi connectivity index (χ4v) is 6.97. The maximum atomic E-state index is 13.3. The molecule has 9 heteroatoms. The molecule has 3 aliphatic rings. The van der Waals surface area contributed by atoms with Crippen molar-refractivity contribution in [3.8, 4) is 11.5 Å². The molecule has 1 aromatic carbocycles. The third-order valence-electron chi connectivity index (χ3n) is 8.10. The topological polar surface area (TPSA) is 96.3 Å². The number of fused-ring (bicyclic) bond motifs is 3. The molecule has 0 saturated carbocycles. The normalized spacial score (nSPS) is 26.1. The van der Waals surface area contributed by atoms with Crippen LogP contribution in [0.1, 0.15) is 64.9 Å². The number of nitrogens with zero attached hydrogens (tertiary/aromatic N) is 1. The van der Waals surface area contributed by atoms with Crippen LogP contribution in [0.25, 0.3) is 6.08 Å². The highest BCUT2D eigenvalue weighted by Crippen LogP contribution is 2.51. The van der Waals surface area contributed by atoms with E-state index in [1.807, 2.05) is 19.1 Å². The minimum absolute atomic E-state index is 0.0467. The zero-order valence-electron chi connectivity index (χ0n) is 22.1. The summed E-state index contributed by atoms with van der Waals surface area (Å²) < 4.78 is 12.1. The van der Waals surface area contributed by atoms with Gasteiger partial charge in [-0.3, -0.25) is 14.5 Å². The summed E-state index contributed by atoms with van der Waals surface area (Å²) in [7, 11) is 0.593. The maximum Gasteiger partial charge on any atom is 0.455 e. The Morgan fingerprint density at radius 1 is 1.24 bits per heavy atom. The van der Waals surface area contributed by atoms with E-state index in [2.05, 4.69) is 42.5 Å². The molecule has 37 heavy (non-hydrogen) atoms. The summed E-state index contributed by atoms with van der Waals surface area (Å²) >= 11 is 2.10. The van der Waals surface area contributed by atoms with Crippen LogP contribution in [0.15, 0.2) is 28.9 Å². The summed E-state index contributed by atoms with van der Waals surface area (Å²) in [5.74, 6) is -0.400. The molecule has 2 amide bonds. The standard InChI is InChI=1S/C28H37BINO6/c1-5-10-31-27(33)19-14-18(7-3)24-20(25(19)28(31)34)15-29(35)37-22(24)9-8-16(6-2)11-17-12-21(30)26(32)23(13-17)36-4/h11-13,19-20,22,25,32,35H,5-10,14-15H2,1-4H3/b16-11+/t19-,20+,22-,25-/m1/s1. The number of hydrogen-bond acceptors (Lipinski definition) is 6. The van der Waals surface area contributed by atoms with Gasteiger partial charge in [-0.15, -0.1) is 0 Å². The number of allylic oxidation sites excluding steroid dienone is 2. The predicted molar refractivity (Wildman–Crippen MR) is 152 cm³/mol. The number of phenolic OH excluding ortho intramolecular Hbond substituents is 1. The SMILES string of the molecule is CCCN1C(=O)[C@@H]2[C@@H](CC(CC)=C3[C@@H](CC/C(=C/c4cc(I)c(O)c(OC)c4)CC)OB(O)C[C@@H]32)C1=O. The lowest BCUT2D eigenvalue weighted by atomic mass is 9.58. The molecule has 2 saturated heterocycles. The van der Waals surface area contributed by atoms with Crippen LogP contribution < -0.4 is 4.74 Å². The Balaban J connectivity index is 1.59. The van der Waals surface area contributed by atoms with E-state index in [1.165, 1.54) is 16.0 Å². The third kappa shape index (κ3) is 5.50. The average Bonchev–Trinajstić information content (AvgIpc) is 3.12. The smallest absolute Gasteiger partial charge is 0.455 e. The number of likely N-dealkylation sites (tertiary alicyclic amines) is 1. The number of phenols is 1. The lowest BCUT2D eigenvalue weighted by Gasteiger charge is -2.43. The van der Waals surface area contributed by atoms with E-state index in [9.17, 15) is 19.7 Å². The zero-order valence-corrected chi connectivity index (χ0v) is 24.3. The largest absolute Gasteiger partial charge is 0.504 e. The molecular weight excluding hydrogens is 584 g/mol. The number of ether oxygens (including phenoxy) is 1. The average molecular weight is 621 g/mol. The maximum absolute atomic E-state index is 13.3. The van der Waals surface area contributed by atoms with E-state index in [0.717, 1.165) is 40.4 Å². The molecule has 1 aliphatic carbocycles. The van der Waals surface area contributed by atoms with E-state index in [1.54, 1.807) is 7.11 Å². The number of hydrogen-bond donors (Lipinski definition) is 2. The predicted octanol–water partition coefficient (Wildman–Crippen LogP) is 5.20. The Hall–Kier alpha value is -1.85. The van der Waals surface area contributed by atoms with Crippen molar-refractivity contribution in [3.05, 3.63) is 38.0 Å². The first-order valence-electron chi connectivity index (χ1n) is 13.4. The second-order valence-corrected chi connectivity index (χ2v) is 11.4. The van der Waals surface area contributed by atoms with E-state index in [0.29, 0.717) is 31.5 Å². The van der Waals surface area contributed by atoms with E-state index >= 15 is 0 Å². The van der Waals surface area contributed by atoms with Gasteiger partial charge in [0, 0.05) is 6.54 Å². The van der Waals surface area contributed by atoms with Gasteiger partial charge in [0.25, 0.3) is 0 Å². The summed E-state index contributed by atoms with van der Waals surface area (Å²) in [5, 5.41) is 20.9. The molecule has 2 aliphatic heterocycles. The van der Waals surface area contributed by atoms with Crippen molar-refractivity contribution >= 4 is 47.6 Å². The Kier molecular flexibility index (Phi) is 9.06. The highest BCUT2D eigenvalue weighted by atomic mass is 127. The molecule has 0 spiro atoms. The molecule has 0 aromatic heterocycles. The van der Waals surface area contributed by atoms with Crippen molar-refractivity contribution in [2.45, 2.75) is 71.7 Å². The molecule has 2 N–H and O–H groups in total. The van der Waals surface area contributed by atoms with Crippen LogP contribution in [0, 0.1) is 21.3 Å². The summed E-state index contributed by atoms with van der Waals surface area (Å²) in [6.45, 7) is 6.65. The monoisotopic (exact) mass is 621 g/mol. The number of imide groups is 1. The van der Waals surface area contributed by atoms with Gasteiger partial charge in [-0.05, 0) is 96.6 Å². The Labute approximate surface area is 233 Å². The second-order valence-electron chi connectivity index (χ2n) is 10.2. The van der Waals surface area contributed by atoms with Gasteiger partial charge < -0.3 is 19.5 Å². The van der Waals surface area contributed by atoms with Crippen LogP contribution in [0.3, 0.4) is 0 Å². The van der Waals surface area contributed by atoms with Crippen LogP contribution in [-0.2, 0) is 14.2 Å². The Bertz CT molecular complexity index is 1120. The van der Waals surface area contributed by atoms with Crippen molar-refractivity contribution in [2.24, 2.45) is 17.8 Å². The third-order valence-corrected chi connectivity index (χ3v) is 8.92. The first-order chi connectivity index (χ1) is 17.7. The molecule has 4 rings (SSSR count). The lowest BCUT2D eigenvalue weighted by Crippen LogP contribution is -2.46. The fraction of sp³-hybridized carbons (Fsp3) is 0.571. The molecule has 2 fully saturated rings. The zero-order chi connectivity index (χ0) is 26.9. The molecule has 4 atom stereocenters. The summed E-state index contributed by atoms with van der Waals surface area (Å²) in [6, 6.07) is 3.75. The second kappa shape index (κ2) is 11.9. The van der Waals surface area contributed by atoms with E-state index in [4.69, 9.17) is 9.39 Å². The first-order valence-corrected chi connectivity index (χ1v) is 14.5. The summed E-state index contributed by atoms with van der Waals surface area (Å²) in [5.41, 5.74) is 4.53. The first kappa shape index (κ1) is 28.2. The Morgan fingerprint density at radius 2 is 2.00 bits per heavy atom. The Morgan fingerprint density at radius 3 is 2.65 bits per heavy atom.